The number of rotatable bonds is 3. The van der Waals surface area contributed by atoms with Crippen molar-refractivity contribution >= 4 is 6.09 Å². The van der Waals surface area contributed by atoms with E-state index in [9.17, 15) is 4.79 Å². The Bertz CT molecular complexity index is 235. The van der Waals surface area contributed by atoms with E-state index >= 15 is 0 Å². The summed E-state index contributed by atoms with van der Waals surface area (Å²) in [5.41, 5.74) is -0.436. The zero-order chi connectivity index (χ0) is 12.2. The van der Waals surface area contributed by atoms with Gasteiger partial charge in [-0.05, 0) is 40.0 Å². The molecule has 0 N–H and O–H groups in total. The number of nitrogens with zero attached hydrogens (tertiary/aromatic N) is 1. The normalized spacial score (nSPS) is 21.2. The molecule has 0 saturated carbocycles. The fraction of sp³-hybridized carbons (Fsp3) is 0.917. The Morgan fingerprint density at radius 2 is 2.12 bits per heavy atom. The zero-order valence-electron chi connectivity index (χ0n) is 10.8. The lowest BCUT2D eigenvalue weighted by Gasteiger charge is -2.28. The predicted octanol–water partition coefficient (Wildman–Crippen LogP) is 2.77. The van der Waals surface area contributed by atoms with Crippen LogP contribution < -0.4 is 0 Å². The van der Waals surface area contributed by atoms with Crippen LogP contribution in [0.5, 0.6) is 0 Å². The fourth-order valence-electron chi connectivity index (χ4n) is 1.69. The second-order valence-corrected chi connectivity index (χ2v) is 5.14. The van der Waals surface area contributed by atoms with Gasteiger partial charge in [-0.3, -0.25) is 4.90 Å². The number of hydrogen-bond acceptors (Lipinski definition) is 3. The first-order valence-corrected chi connectivity index (χ1v) is 6.05. The van der Waals surface area contributed by atoms with E-state index in [1.54, 1.807) is 4.90 Å². The molecular weight excluding hydrogens is 206 g/mol. The second kappa shape index (κ2) is 5.53. The van der Waals surface area contributed by atoms with E-state index in [0.717, 1.165) is 25.8 Å². The topological polar surface area (TPSA) is 38.8 Å². The van der Waals surface area contributed by atoms with Gasteiger partial charge in [-0.25, -0.2) is 4.79 Å². The molecular formula is C12H23NO3. The van der Waals surface area contributed by atoms with Gasteiger partial charge < -0.3 is 9.47 Å². The summed E-state index contributed by atoms with van der Waals surface area (Å²) >= 11 is 0. The first-order chi connectivity index (χ1) is 7.44. The van der Waals surface area contributed by atoms with E-state index in [0.29, 0.717) is 6.61 Å². The van der Waals surface area contributed by atoms with Crippen molar-refractivity contribution in [2.45, 2.75) is 58.8 Å². The number of carbonyl (C=O) groups excluding carboxylic acids is 1. The molecule has 16 heavy (non-hydrogen) atoms. The third kappa shape index (κ3) is 4.00. The Morgan fingerprint density at radius 1 is 1.44 bits per heavy atom. The lowest BCUT2D eigenvalue weighted by Crippen LogP contribution is -2.41. The molecule has 1 atom stereocenters. The standard InChI is InChI=1S/C12H23NO3/c1-5-9-15-10-7-6-8-13(10)11(14)16-12(2,3)4/h10H,5-9H2,1-4H3. The molecule has 94 valence electrons. The molecule has 1 fully saturated rings. The van der Waals surface area contributed by atoms with E-state index < -0.39 is 5.60 Å². The monoisotopic (exact) mass is 229 g/mol. The molecule has 1 saturated heterocycles. The van der Waals surface area contributed by atoms with E-state index in [1.807, 2.05) is 20.8 Å². The van der Waals surface area contributed by atoms with Gasteiger partial charge >= 0.3 is 6.09 Å². The van der Waals surface area contributed by atoms with Crippen LogP contribution in [-0.2, 0) is 9.47 Å². The molecule has 0 aromatic rings. The molecule has 1 rings (SSSR count). The van der Waals surface area contributed by atoms with Crippen LogP contribution in [-0.4, -0.2) is 36.0 Å². The van der Waals surface area contributed by atoms with Gasteiger partial charge in [0.1, 0.15) is 11.8 Å². The van der Waals surface area contributed by atoms with Crippen molar-refractivity contribution in [1.29, 1.82) is 0 Å². The van der Waals surface area contributed by atoms with Gasteiger partial charge in [-0.1, -0.05) is 6.92 Å². The van der Waals surface area contributed by atoms with Crippen LogP contribution in [0.2, 0.25) is 0 Å². The van der Waals surface area contributed by atoms with Crippen molar-refractivity contribution in [1.82, 2.24) is 4.90 Å². The van der Waals surface area contributed by atoms with E-state index in [1.165, 1.54) is 0 Å². The summed E-state index contributed by atoms with van der Waals surface area (Å²) in [5.74, 6) is 0. The van der Waals surface area contributed by atoms with E-state index in [4.69, 9.17) is 9.47 Å². The first kappa shape index (κ1) is 13.3. The van der Waals surface area contributed by atoms with Crippen molar-refractivity contribution < 1.29 is 14.3 Å². The Kier molecular flexibility index (Phi) is 4.59. The Labute approximate surface area is 97.9 Å². The predicted molar refractivity (Wildman–Crippen MR) is 62.2 cm³/mol. The summed E-state index contributed by atoms with van der Waals surface area (Å²) in [6.45, 7) is 9.13. The molecule has 0 bridgehead atoms. The van der Waals surface area contributed by atoms with Gasteiger partial charge in [-0.15, -0.1) is 0 Å². The lowest BCUT2D eigenvalue weighted by molar-refractivity contribution is -0.0486. The largest absolute Gasteiger partial charge is 0.444 e. The molecule has 1 aliphatic rings. The molecule has 0 spiro atoms. The van der Waals surface area contributed by atoms with Crippen LogP contribution in [0.15, 0.2) is 0 Å². The third-order valence-corrected chi connectivity index (χ3v) is 2.34. The molecule has 1 aliphatic heterocycles. The summed E-state index contributed by atoms with van der Waals surface area (Å²) in [7, 11) is 0. The molecule has 0 radical (unpaired) electrons. The minimum absolute atomic E-state index is 0.0881. The van der Waals surface area contributed by atoms with Crippen LogP contribution in [0, 0.1) is 0 Å². The Hall–Kier alpha value is -0.770. The summed E-state index contributed by atoms with van der Waals surface area (Å²) in [6.07, 6.45) is 2.53. The van der Waals surface area contributed by atoms with Crippen molar-refractivity contribution in [3.05, 3.63) is 0 Å². The first-order valence-electron chi connectivity index (χ1n) is 6.05. The summed E-state index contributed by atoms with van der Waals surface area (Å²) in [6, 6.07) is 0. The molecule has 0 aromatic heterocycles. The molecule has 0 aliphatic carbocycles. The number of hydrogen-bond donors (Lipinski definition) is 0. The number of amides is 1. The minimum atomic E-state index is -0.436. The maximum Gasteiger partial charge on any atom is 0.412 e. The summed E-state index contributed by atoms with van der Waals surface area (Å²) in [4.78, 5) is 13.6. The third-order valence-electron chi connectivity index (χ3n) is 2.34. The molecule has 1 unspecified atom stereocenters. The second-order valence-electron chi connectivity index (χ2n) is 5.14. The molecule has 4 heteroatoms. The highest BCUT2D eigenvalue weighted by atomic mass is 16.6. The van der Waals surface area contributed by atoms with Crippen molar-refractivity contribution in [2.75, 3.05) is 13.2 Å². The molecule has 4 nitrogen and oxygen atoms in total. The van der Waals surface area contributed by atoms with E-state index in [2.05, 4.69) is 6.92 Å². The smallest absolute Gasteiger partial charge is 0.412 e. The lowest BCUT2D eigenvalue weighted by atomic mass is 10.2. The van der Waals surface area contributed by atoms with Crippen LogP contribution in [0.4, 0.5) is 4.79 Å². The average molecular weight is 229 g/mol. The summed E-state index contributed by atoms with van der Waals surface area (Å²) in [5, 5.41) is 0. The highest BCUT2D eigenvalue weighted by Crippen LogP contribution is 2.21. The van der Waals surface area contributed by atoms with Gasteiger partial charge in [0.25, 0.3) is 0 Å². The number of likely N-dealkylation sites (tertiary alicyclic amines) is 1. The minimum Gasteiger partial charge on any atom is -0.444 e. The van der Waals surface area contributed by atoms with Crippen LogP contribution >= 0.6 is 0 Å². The quantitative estimate of drug-likeness (QED) is 0.747. The SMILES string of the molecule is CCCOC1CCCN1C(=O)OC(C)(C)C. The van der Waals surface area contributed by atoms with Gasteiger partial charge in [0, 0.05) is 13.2 Å². The molecule has 0 aromatic carbocycles. The Balaban J connectivity index is 2.47. The van der Waals surface area contributed by atoms with E-state index in [-0.39, 0.29) is 12.3 Å². The van der Waals surface area contributed by atoms with Crippen molar-refractivity contribution in [3.8, 4) is 0 Å². The van der Waals surface area contributed by atoms with Gasteiger partial charge in [0.15, 0.2) is 0 Å². The number of carbonyl (C=O) groups is 1. The maximum absolute atomic E-state index is 11.9. The fourth-order valence-corrected chi connectivity index (χ4v) is 1.69. The summed E-state index contributed by atoms with van der Waals surface area (Å²) < 4.78 is 11.0. The number of ether oxygens (including phenoxy) is 2. The highest BCUT2D eigenvalue weighted by molar-refractivity contribution is 5.68. The van der Waals surface area contributed by atoms with Crippen LogP contribution in [0.25, 0.3) is 0 Å². The van der Waals surface area contributed by atoms with Crippen LogP contribution in [0.3, 0.4) is 0 Å². The van der Waals surface area contributed by atoms with Crippen LogP contribution in [0.1, 0.15) is 47.0 Å². The molecule has 1 amide bonds. The maximum atomic E-state index is 11.9. The Morgan fingerprint density at radius 3 is 2.69 bits per heavy atom. The van der Waals surface area contributed by atoms with Crippen molar-refractivity contribution in [3.63, 3.8) is 0 Å². The average Bonchev–Trinajstić information content (AvgIpc) is 2.59. The van der Waals surface area contributed by atoms with Gasteiger partial charge in [-0.2, -0.15) is 0 Å². The zero-order valence-corrected chi connectivity index (χ0v) is 10.8. The van der Waals surface area contributed by atoms with Crippen molar-refractivity contribution in [2.24, 2.45) is 0 Å². The highest BCUT2D eigenvalue weighted by Gasteiger charge is 2.32. The molecule has 1 heterocycles. The van der Waals surface area contributed by atoms with Gasteiger partial charge in [0.2, 0.25) is 0 Å². The van der Waals surface area contributed by atoms with Gasteiger partial charge in [0.05, 0.1) is 0 Å².